The summed E-state index contributed by atoms with van der Waals surface area (Å²) in [6.07, 6.45) is 3.53. The summed E-state index contributed by atoms with van der Waals surface area (Å²) in [5.74, 6) is -0.859. The summed E-state index contributed by atoms with van der Waals surface area (Å²) >= 11 is 1.75. The summed E-state index contributed by atoms with van der Waals surface area (Å²) < 4.78 is 0. The number of likely N-dealkylation sites (tertiary alicyclic amines) is 1. The number of hydrogen-bond donors (Lipinski definition) is 1. The van der Waals surface area contributed by atoms with E-state index in [2.05, 4.69) is 67.5 Å². The lowest BCUT2D eigenvalue weighted by Crippen LogP contribution is -2.39. The van der Waals surface area contributed by atoms with Gasteiger partial charge in [0.05, 0.1) is 12.0 Å². The number of aliphatic carboxylic acids is 1. The van der Waals surface area contributed by atoms with E-state index in [0.717, 1.165) is 25.9 Å². The van der Waals surface area contributed by atoms with E-state index in [1.807, 2.05) is 0 Å². The molecule has 0 spiro atoms. The van der Waals surface area contributed by atoms with Crippen molar-refractivity contribution in [2.75, 3.05) is 19.3 Å². The molecule has 2 aromatic rings. The SMILES string of the molecule is CSc1ccc(C(c2cc(C)cc(C)c2)N2CCC(C(=O)O)CC2)cc1. The van der Waals surface area contributed by atoms with Crippen molar-refractivity contribution < 1.29 is 9.90 Å². The van der Waals surface area contributed by atoms with E-state index in [1.165, 1.54) is 27.1 Å². The first-order chi connectivity index (χ1) is 12.5. The fraction of sp³-hybridized carbons (Fsp3) is 0.409. The van der Waals surface area contributed by atoms with Crippen LogP contribution in [0.15, 0.2) is 47.4 Å². The van der Waals surface area contributed by atoms with E-state index < -0.39 is 5.97 Å². The van der Waals surface area contributed by atoms with E-state index in [9.17, 15) is 9.90 Å². The third-order valence-electron chi connectivity index (χ3n) is 5.24. The second-order valence-corrected chi connectivity index (χ2v) is 8.12. The summed E-state index contributed by atoms with van der Waals surface area (Å²) in [6.45, 7) is 5.92. The van der Waals surface area contributed by atoms with E-state index in [0.29, 0.717) is 0 Å². The standard InChI is InChI=1S/C22H27NO2S/c1-15-12-16(2)14-19(13-15)21(17-4-6-20(26-3)7-5-17)23-10-8-18(9-11-23)22(24)25/h4-7,12-14,18,21H,8-11H2,1-3H3,(H,24,25). The fourth-order valence-electron chi connectivity index (χ4n) is 3.97. The van der Waals surface area contributed by atoms with Gasteiger partial charge in [-0.15, -0.1) is 11.8 Å². The average molecular weight is 370 g/mol. The molecule has 1 atom stereocenters. The van der Waals surface area contributed by atoms with Crippen LogP contribution in [0.5, 0.6) is 0 Å². The summed E-state index contributed by atoms with van der Waals surface area (Å²) in [5, 5.41) is 9.31. The number of aryl methyl sites for hydroxylation is 2. The molecular formula is C22H27NO2S. The van der Waals surface area contributed by atoms with Gasteiger partial charge in [0, 0.05) is 4.90 Å². The quantitative estimate of drug-likeness (QED) is 0.760. The molecule has 1 heterocycles. The van der Waals surface area contributed by atoms with Gasteiger partial charge in [0.25, 0.3) is 0 Å². The van der Waals surface area contributed by atoms with Crippen molar-refractivity contribution in [3.05, 3.63) is 64.7 Å². The number of thioether (sulfide) groups is 1. The Morgan fingerprint density at radius 3 is 2.12 bits per heavy atom. The predicted octanol–water partition coefficient (Wildman–Crippen LogP) is 4.91. The topological polar surface area (TPSA) is 40.5 Å². The van der Waals surface area contributed by atoms with Gasteiger partial charge in [-0.2, -0.15) is 0 Å². The zero-order valence-electron chi connectivity index (χ0n) is 15.7. The van der Waals surface area contributed by atoms with Gasteiger partial charge >= 0.3 is 5.97 Å². The molecule has 0 aromatic heterocycles. The summed E-state index contributed by atoms with van der Waals surface area (Å²) in [6, 6.07) is 15.7. The molecule has 3 rings (SSSR count). The molecule has 0 bridgehead atoms. The van der Waals surface area contributed by atoms with Crippen LogP contribution in [0.3, 0.4) is 0 Å². The molecule has 1 aliphatic rings. The summed E-state index contributed by atoms with van der Waals surface area (Å²) in [4.78, 5) is 15.0. The second-order valence-electron chi connectivity index (χ2n) is 7.25. The van der Waals surface area contributed by atoms with Gasteiger partial charge in [-0.05, 0) is 69.3 Å². The molecule has 1 saturated heterocycles. The summed E-state index contributed by atoms with van der Waals surface area (Å²) in [7, 11) is 0. The van der Waals surface area contributed by atoms with Crippen LogP contribution < -0.4 is 0 Å². The Bertz CT molecular complexity index is 744. The average Bonchev–Trinajstić information content (AvgIpc) is 2.62. The lowest BCUT2D eigenvalue weighted by molar-refractivity contribution is -0.143. The monoisotopic (exact) mass is 369 g/mol. The van der Waals surface area contributed by atoms with Crippen molar-refractivity contribution in [3.8, 4) is 0 Å². The van der Waals surface area contributed by atoms with E-state index in [1.54, 1.807) is 11.8 Å². The Kier molecular flexibility index (Phi) is 6.05. The number of benzene rings is 2. The van der Waals surface area contributed by atoms with Crippen LogP contribution in [0.1, 0.15) is 41.1 Å². The van der Waals surface area contributed by atoms with Crippen LogP contribution in [0.4, 0.5) is 0 Å². The van der Waals surface area contributed by atoms with Gasteiger partial charge in [0.1, 0.15) is 0 Å². The molecule has 1 unspecified atom stereocenters. The highest BCUT2D eigenvalue weighted by atomic mass is 32.2. The third kappa shape index (κ3) is 4.30. The number of carbonyl (C=O) groups is 1. The van der Waals surface area contributed by atoms with Crippen molar-refractivity contribution in [3.63, 3.8) is 0 Å². The Morgan fingerprint density at radius 2 is 1.62 bits per heavy atom. The lowest BCUT2D eigenvalue weighted by atomic mass is 9.90. The molecule has 0 radical (unpaired) electrons. The van der Waals surface area contributed by atoms with Gasteiger partial charge in [-0.1, -0.05) is 41.5 Å². The molecule has 1 fully saturated rings. The van der Waals surface area contributed by atoms with Gasteiger partial charge in [-0.3, -0.25) is 9.69 Å². The number of nitrogens with zero attached hydrogens (tertiary/aromatic N) is 1. The molecule has 138 valence electrons. The minimum absolute atomic E-state index is 0.180. The Balaban J connectivity index is 1.94. The number of hydrogen-bond acceptors (Lipinski definition) is 3. The zero-order valence-corrected chi connectivity index (χ0v) is 16.6. The van der Waals surface area contributed by atoms with Gasteiger partial charge in [0.15, 0.2) is 0 Å². The highest BCUT2D eigenvalue weighted by Gasteiger charge is 2.30. The molecule has 0 saturated carbocycles. The first-order valence-corrected chi connectivity index (χ1v) is 10.4. The van der Waals surface area contributed by atoms with Crippen molar-refractivity contribution in [1.82, 2.24) is 4.90 Å². The lowest BCUT2D eigenvalue weighted by Gasteiger charge is -2.37. The number of carboxylic acids is 1. The zero-order chi connectivity index (χ0) is 18.7. The maximum Gasteiger partial charge on any atom is 0.306 e. The maximum absolute atomic E-state index is 11.3. The normalized spacial score (nSPS) is 17.2. The van der Waals surface area contributed by atoms with Crippen molar-refractivity contribution in [2.24, 2.45) is 5.92 Å². The van der Waals surface area contributed by atoms with Crippen LogP contribution >= 0.6 is 11.8 Å². The first kappa shape index (κ1) is 19.0. The van der Waals surface area contributed by atoms with Crippen LogP contribution in [0, 0.1) is 19.8 Å². The summed E-state index contributed by atoms with van der Waals surface area (Å²) in [5.41, 5.74) is 5.12. The second kappa shape index (κ2) is 8.28. The van der Waals surface area contributed by atoms with Crippen molar-refractivity contribution in [2.45, 2.75) is 37.6 Å². The fourth-order valence-corrected chi connectivity index (χ4v) is 4.38. The Labute approximate surface area is 160 Å². The highest BCUT2D eigenvalue weighted by Crippen LogP contribution is 2.34. The van der Waals surface area contributed by atoms with Crippen LogP contribution in [-0.4, -0.2) is 35.3 Å². The molecule has 3 nitrogen and oxygen atoms in total. The number of piperidine rings is 1. The minimum Gasteiger partial charge on any atom is -0.481 e. The number of rotatable bonds is 5. The first-order valence-electron chi connectivity index (χ1n) is 9.17. The van der Waals surface area contributed by atoms with Crippen LogP contribution in [0.2, 0.25) is 0 Å². The number of carboxylic acid groups (broad SMARTS) is 1. The predicted molar refractivity (Wildman–Crippen MR) is 108 cm³/mol. The van der Waals surface area contributed by atoms with Crippen LogP contribution in [0.25, 0.3) is 0 Å². The van der Waals surface area contributed by atoms with Crippen molar-refractivity contribution >= 4 is 17.7 Å². The highest BCUT2D eigenvalue weighted by molar-refractivity contribution is 7.98. The Hall–Kier alpha value is -1.78. The Morgan fingerprint density at radius 1 is 1.04 bits per heavy atom. The van der Waals surface area contributed by atoms with E-state index >= 15 is 0 Å². The maximum atomic E-state index is 11.3. The van der Waals surface area contributed by atoms with E-state index in [4.69, 9.17) is 0 Å². The molecule has 0 aliphatic carbocycles. The van der Waals surface area contributed by atoms with Gasteiger partial charge in [-0.25, -0.2) is 0 Å². The third-order valence-corrected chi connectivity index (χ3v) is 5.98. The molecule has 26 heavy (non-hydrogen) atoms. The molecule has 0 amide bonds. The molecule has 2 aromatic carbocycles. The molecule has 4 heteroatoms. The largest absolute Gasteiger partial charge is 0.481 e. The molecule has 1 aliphatic heterocycles. The van der Waals surface area contributed by atoms with Gasteiger partial charge in [0.2, 0.25) is 0 Å². The van der Waals surface area contributed by atoms with Gasteiger partial charge < -0.3 is 5.11 Å². The molecule has 1 N–H and O–H groups in total. The van der Waals surface area contributed by atoms with Crippen molar-refractivity contribution in [1.29, 1.82) is 0 Å². The molecular weight excluding hydrogens is 342 g/mol. The van der Waals surface area contributed by atoms with E-state index in [-0.39, 0.29) is 12.0 Å². The minimum atomic E-state index is -0.656. The smallest absolute Gasteiger partial charge is 0.306 e. The van der Waals surface area contributed by atoms with Crippen LogP contribution in [-0.2, 0) is 4.79 Å².